The molecule has 2 aromatic heterocycles. The topological polar surface area (TPSA) is 50.2 Å². The van der Waals surface area contributed by atoms with Crippen molar-refractivity contribution in [3.63, 3.8) is 0 Å². The number of aromatic nitrogens is 1. The number of hydrogen-bond acceptors (Lipinski definition) is 4. The Morgan fingerprint density at radius 2 is 1.89 bits per heavy atom. The number of aryl methyl sites for hydroxylation is 1. The summed E-state index contributed by atoms with van der Waals surface area (Å²) in [5.41, 5.74) is 4.72. The van der Waals surface area contributed by atoms with E-state index in [-0.39, 0.29) is 5.56 Å². The molecule has 6 heteroatoms. The fourth-order valence-electron chi connectivity index (χ4n) is 2.94. The van der Waals surface area contributed by atoms with Gasteiger partial charge in [0, 0.05) is 10.9 Å². The number of carboxylic acid groups (broad SMARTS) is 1. The molecule has 0 fully saturated rings. The first kappa shape index (κ1) is 18.1. The van der Waals surface area contributed by atoms with E-state index in [2.05, 4.69) is 15.9 Å². The lowest BCUT2D eigenvalue weighted by Crippen LogP contribution is -2.01. The molecule has 2 heterocycles. The third-order valence-corrected chi connectivity index (χ3v) is 6.80. The summed E-state index contributed by atoms with van der Waals surface area (Å²) >= 11 is 6.62. The van der Waals surface area contributed by atoms with Crippen LogP contribution in [0.5, 0.6) is 0 Å². The highest BCUT2D eigenvalue weighted by atomic mass is 79.9. The molecular weight excluding hydrogens is 442 g/mol. The first-order chi connectivity index (χ1) is 13.0. The summed E-state index contributed by atoms with van der Waals surface area (Å²) in [5, 5.41) is 12.6. The Hall–Kier alpha value is -2.28. The number of thiophene rings is 1. The molecule has 134 valence electrons. The zero-order valence-corrected chi connectivity index (χ0v) is 17.5. The van der Waals surface area contributed by atoms with Crippen LogP contribution in [0.4, 0.5) is 0 Å². The number of carboxylic acids is 1. The minimum atomic E-state index is -0.936. The SMILES string of the molecule is Cc1ccccc1-c1ccc(-c2nc(-c3ccc(Br)s3)cs2)cc1C(=O)O. The van der Waals surface area contributed by atoms with Gasteiger partial charge in [-0.05, 0) is 57.7 Å². The lowest BCUT2D eigenvalue weighted by atomic mass is 9.94. The maximum Gasteiger partial charge on any atom is 0.336 e. The summed E-state index contributed by atoms with van der Waals surface area (Å²) in [4.78, 5) is 17.7. The van der Waals surface area contributed by atoms with Gasteiger partial charge >= 0.3 is 5.97 Å². The van der Waals surface area contributed by atoms with Crippen molar-refractivity contribution in [3.8, 4) is 32.3 Å². The lowest BCUT2D eigenvalue weighted by molar-refractivity contribution is 0.0698. The Kier molecular flexibility index (Phi) is 4.95. The molecule has 0 saturated carbocycles. The van der Waals surface area contributed by atoms with E-state index in [4.69, 9.17) is 4.98 Å². The van der Waals surface area contributed by atoms with Gasteiger partial charge in [-0.25, -0.2) is 9.78 Å². The maximum atomic E-state index is 11.9. The van der Waals surface area contributed by atoms with Crippen LogP contribution < -0.4 is 0 Å². The molecular formula is C21H14BrNO2S2. The predicted molar refractivity (Wildman–Crippen MR) is 116 cm³/mol. The molecule has 2 aromatic carbocycles. The number of rotatable bonds is 4. The van der Waals surface area contributed by atoms with Crippen molar-refractivity contribution in [3.05, 3.63) is 74.9 Å². The summed E-state index contributed by atoms with van der Waals surface area (Å²) in [5.74, 6) is -0.936. The molecule has 1 N–H and O–H groups in total. The maximum absolute atomic E-state index is 11.9. The van der Waals surface area contributed by atoms with E-state index in [0.717, 1.165) is 41.6 Å². The van der Waals surface area contributed by atoms with Gasteiger partial charge in [0.25, 0.3) is 0 Å². The number of thiazole rings is 1. The molecule has 0 unspecified atom stereocenters. The molecule has 0 spiro atoms. The minimum absolute atomic E-state index is 0.289. The van der Waals surface area contributed by atoms with Crippen LogP contribution in [0.2, 0.25) is 0 Å². The van der Waals surface area contributed by atoms with Gasteiger partial charge in [0.2, 0.25) is 0 Å². The average Bonchev–Trinajstić information content (AvgIpc) is 3.31. The lowest BCUT2D eigenvalue weighted by Gasteiger charge is -2.10. The molecule has 0 saturated heterocycles. The second-order valence-corrected chi connectivity index (χ2v) is 9.34. The summed E-state index contributed by atoms with van der Waals surface area (Å²) in [7, 11) is 0. The predicted octanol–water partition coefficient (Wildman–Crippen LogP) is 6.97. The van der Waals surface area contributed by atoms with Crippen molar-refractivity contribution in [2.75, 3.05) is 0 Å². The largest absolute Gasteiger partial charge is 0.478 e. The van der Waals surface area contributed by atoms with Gasteiger partial charge in [-0.3, -0.25) is 0 Å². The van der Waals surface area contributed by atoms with E-state index in [9.17, 15) is 9.90 Å². The van der Waals surface area contributed by atoms with Crippen molar-refractivity contribution in [2.45, 2.75) is 6.92 Å². The van der Waals surface area contributed by atoms with Gasteiger partial charge in [-0.1, -0.05) is 36.4 Å². The Morgan fingerprint density at radius 1 is 1.07 bits per heavy atom. The molecule has 4 rings (SSSR count). The monoisotopic (exact) mass is 455 g/mol. The molecule has 0 bridgehead atoms. The van der Waals surface area contributed by atoms with Crippen molar-refractivity contribution in [1.82, 2.24) is 4.98 Å². The van der Waals surface area contributed by atoms with Crippen LogP contribution in [-0.4, -0.2) is 16.1 Å². The van der Waals surface area contributed by atoms with Crippen LogP contribution in [0.25, 0.3) is 32.3 Å². The Balaban J connectivity index is 1.77. The van der Waals surface area contributed by atoms with Gasteiger partial charge in [0.1, 0.15) is 5.01 Å². The molecule has 0 aliphatic carbocycles. The van der Waals surface area contributed by atoms with E-state index in [1.54, 1.807) is 17.4 Å². The third-order valence-electron chi connectivity index (χ3n) is 4.26. The van der Waals surface area contributed by atoms with Crippen LogP contribution in [-0.2, 0) is 0 Å². The number of halogens is 1. The Bertz CT molecular complexity index is 1150. The van der Waals surface area contributed by atoms with Crippen LogP contribution in [0.1, 0.15) is 15.9 Å². The summed E-state index contributed by atoms with van der Waals surface area (Å²) in [6.07, 6.45) is 0. The average molecular weight is 456 g/mol. The number of hydrogen-bond donors (Lipinski definition) is 1. The fourth-order valence-corrected chi connectivity index (χ4v) is 5.17. The van der Waals surface area contributed by atoms with Crippen LogP contribution >= 0.6 is 38.6 Å². The number of nitrogens with zero attached hydrogens (tertiary/aromatic N) is 1. The molecule has 0 aliphatic rings. The molecule has 0 amide bonds. The van der Waals surface area contributed by atoms with Crippen LogP contribution in [0.3, 0.4) is 0 Å². The van der Waals surface area contributed by atoms with E-state index >= 15 is 0 Å². The normalized spacial score (nSPS) is 10.9. The summed E-state index contributed by atoms with van der Waals surface area (Å²) in [6.45, 7) is 1.99. The van der Waals surface area contributed by atoms with Crippen molar-refractivity contribution in [2.24, 2.45) is 0 Å². The van der Waals surface area contributed by atoms with Gasteiger partial charge in [-0.15, -0.1) is 22.7 Å². The van der Waals surface area contributed by atoms with Gasteiger partial charge < -0.3 is 5.11 Å². The first-order valence-electron chi connectivity index (χ1n) is 8.18. The molecule has 0 aliphatic heterocycles. The smallest absolute Gasteiger partial charge is 0.336 e. The molecule has 4 aromatic rings. The van der Waals surface area contributed by atoms with Gasteiger partial charge in [-0.2, -0.15) is 0 Å². The van der Waals surface area contributed by atoms with Crippen molar-refractivity contribution in [1.29, 1.82) is 0 Å². The highest BCUT2D eigenvalue weighted by Gasteiger charge is 2.16. The van der Waals surface area contributed by atoms with Crippen LogP contribution in [0, 0.1) is 6.92 Å². The van der Waals surface area contributed by atoms with Gasteiger partial charge in [0.05, 0.1) is 19.9 Å². The second kappa shape index (κ2) is 7.38. The van der Waals surface area contributed by atoms with Crippen molar-refractivity contribution >= 4 is 44.6 Å². The second-order valence-electron chi connectivity index (χ2n) is 6.02. The minimum Gasteiger partial charge on any atom is -0.478 e. The van der Waals surface area contributed by atoms with Gasteiger partial charge in [0.15, 0.2) is 0 Å². The molecule has 0 atom stereocenters. The molecule has 27 heavy (non-hydrogen) atoms. The van der Waals surface area contributed by atoms with E-state index < -0.39 is 5.97 Å². The van der Waals surface area contributed by atoms with E-state index in [0.29, 0.717) is 0 Å². The van der Waals surface area contributed by atoms with E-state index in [1.165, 1.54) is 11.3 Å². The number of aromatic carboxylic acids is 1. The number of benzene rings is 2. The van der Waals surface area contributed by atoms with Crippen LogP contribution in [0.15, 0.2) is 63.8 Å². The Morgan fingerprint density at radius 3 is 2.59 bits per heavy atom. The zero-order chi connectivity index (χ0) is 19.0. The third kappa shape index (κ3) is 3.60. The first-order valence-corrected chi connectivity index (χ1v) is 10.7. The number of carbonyl (C=O) groups is 1. The highest BCUT2D eigenvalue weighted by molar-refractivity contribution is 9.11. The highest BCUT2D eigenvalue weighted by Crippen LogP contribution is 2.36. The zero-order valence-electron chi connectivity index (χ0n) is 14.3. The summed E-state index contributed by atoms with van der Waals surface area (Å²) in [6, 6.07) is 17.4. The Labute approximate surface area is 173 Å². The standard InChI is InChI=1S/C21H14BrNO2S2/c1-12-4-2-3-5-14(12)15-7-6-13(10-16(15)21(24)25)20-23-17(11-26-20)18-8-9-19(22)27-18/h2-11H,1H3,(H,24,25). The van der Waals surface area contributed by atoms with Crippen molar-refractivity contribution < 1.29 is 9.90 Å². The van der Waals surface area contributed by atoms with E-state index in [1.807, 2.05) is 60.8 Å². The molecule has 3 nitrogen and oxygen atoms in total. The molecule has 0 radical (unpaired) electrons. The summed E-state index contributed by atoms with van der Waals surface area (Å²) < 4.78 is 1.06. The quantitative estimate of drug-likeness (QED) is 0.361. The fraction of sp³-hybridized carbons (Fsp3) is 0.0476.